The Bertz CT molecular complexity index is 1320. The van der Waals surface area contributed by atoms with Crippen LogP contribution in [-0.2, 0) is 14.4 Å². The van der Waals surface area contributed by atoms with Gasteiger partial charge in [-0.25, -0.2) is 0 Å². The Morgan fingerprint density at radius 1 is 1.02 bits per heavy atom. The number of rotatable bonds is 2. The fourth-order valence-electron chi connectivity index (χ4n) is 10.4. The summed E-state index contributed by atoms with van der Waals surface area (Å²) in [5, 5.41) is 12.1. The standard InChI is InChI=1S/C33H43F3N2O3/c1-27(2)10-12-32(18-38-26(41)33(34,35)36)13-11-31(7)24(20(32)16-27)21(39)14-23-29(5)15-19(17-37)25(40)28(3,4)22(29)8-9-30(23,31)6/h14-15,20,22,24H,8-13,16,18H2,1-7H3,(H,38,41)/t20?,22-,24?,29-,30+,31+,32?/m0/s1. The van der Waals surface area contributed by atoms with Gasteiger partial charge in [0.15, 0.2) is 11.6 Å². The lowest BCUT2D eigenvalue weighted by molar-refractivity contribution is -0.180. The molecular weight excluding hydrogens is 529 g/mol. The molecule has 1 amide bonds. The Morgan fingerprint density at radius 3 is 2.27 bits per heavy atom. The van der Waals surface area contributed by atoms with Gasteiger partial charge in [0.1, 0.15) is 6.07 Å². The number of nitrogens with one attached hydrogen (secondary N) is 1. The number of Topliss-reactive ketones (excluding diaryl/α,β-unsaturated/α-hetero) is 1. The molecule has 0 aliphatic heterocycles. The van der Waals surface area contributed by atoms with E-state index in [0.29, 0.717) is 25.7 Å². The lowest BCUT2D eigenvalue weighted by Gasteiger charge is -2.69. The maximum absolute atomic E-state index is 14.4. The molecule has 0 heterocycles. The molecule has 3 unspecified atom stereocenters. The average Bonchev–Trinajstić information content (AvgIpc) is 2.86. The normalized spacial score (nSPS) is 42.8. The van der Waals surface area contributed by atoms with Crippen molar-refractivity contribution in [3.63, 3.8) is 0 Å². The summed E-state index contributed by atoms with van der Waals surface area (Å²) in [6, 6.07) is 2.12. The van der Waals surface area contributed by atoms with Crippen molar-refractivity contribution in [3.05, 3.63) is 23.3 Å². The summed E-state index contributed by atoms with van der Waals surface area (Å²) < 4.78 is 39.5. The summed E-state index contributed by atoms with van der Waals surface area (Å²) in [5.74, 6) is -2.68. The maximum Gasteiger partial charge on any atom is 0.471 e. The number of fused-ring (bicyclic) bond motifs is 7. The number of hydrogen-bond donors (Lipinski definition) is 1. The highest BCUT2D eigenvalue weighted by atomic mass is 19.4. The van der Waals surface area contributed by atoms with E-state index in [4.69, 9.17) is 0 Å². The first kappa shape index (κ1) is 30.0. The molecule has 1 N–H and O–H groups in total. The number of hydrogen-bond acceptors (Lipinski definition) is 4. The molecule has 5 aliphatic rings. The van der Waals surface area contributed by atoms with Gasteiger partial charge >= 0.3 is 12.1 Å². The van der Waals surface area contributed by atoms with Crippen LogP contribution in [0.3, 0.4) is 0 Å². The van der Waals surface area contributed by atoms with Crippen LogP contribution in [0.5, 0.6) is 0 Å². The maximum atomic E-state index is 14.4. The van der Waals surface area contributed by atoms with E-state index >= 15 is 0 Å². The smallest absolute Gasteiger partial charge is 0.348 e. The van der Waals surface area contributed by atoms with E-state index in [-0.39, 0.29) is 46.9 Å². The SMILES string of the molecule is CC1(C)CCC2(CNC(=O)C(F)(F)F)CC[C@]3(C)C(C(=O)C=C4[C@@]5(C)C=C(C#N)C(=O)C(C)(C)[C@@H]5CC[C@]43C)C2C1. The summed E-state index contributed by atoms with van der Waals surface area (Å²) in [7, 11) is 0. The van der Waals surface area contributed by atoms with Gasteiger partial charge in [0.05, 0.1) is 5.57 Å². The number of nitriles is 1. The first-order valence-electron chi connectivity index (χ1n) is 15.0. The van der Waals surface area contributed by atoms with Crippen molar-refractivity contribution in [1.29, 1.82) is 5.26 Å². The second kappa shape index (κ2) is 8.80. The highest BCUT2D eigenvalue weighted by Gasteiger charge is 2.69. The summed E-state index contributed by atoms with van der Waals surface area (Å²) in [4.78, 5) is 39.5. The molecule has 224 valence electrons. The zero-order chi connectivity index (χ0) is 30.6. The molecule has 0 bridgehead atoms. The first-order valence-corrected chi connectivity index (χ1v) is 15.0. The average molecular weight is 573 g/mol. The molecule has 5 rings (SSSR count). The fraction of sp³-hybridized carbons (Fsp3) is 0.758. The third-order valence-corrected chi connectivity index (χ3v) is 12.9. The van der Waals surface area contributed by atoms with Crippen LogP contribution < -0.4 is 5.32 Å². The van der Waals surface area contributed by atoms with Gasteiger partial charge in [0, 0.05) is 23.3 Å². The predicted octanol–water partition coefficient (Wildman–Crippen LogP) is 6.88. The molecule has 0 aromatic rings. The first-order chi connectivity index (χ1) is 18.7. The van der Waals surface area contributed by atoms with Crippen molar-refractivity contribution in [1.82, 2.24) is 5.32 Å². The third kappa shape index (κ3) is 4.03. The van der Waals surface area contributed by atoms with Crippen LogP contribution in [-0.4, -0.2) is 30.2 Å². The second-order valence-electron chi connectivity index (χ2n) is 15.8. The molecule has 5 nitrogen and oxygen atoms in total. The lowest BCUT2D eigenvalue weighted by atomic mass is 9.34. The Hall–Kier alpha value is -2.43. The van der Waals surface area contributed by atoms with Gasteiger partial charge < -0.3 is 5.32 Å². The number of nitrogens with zero attached hydrogens (tertiary/aromatic N) is 1. The van der Waals surface area contributed by atoms with Crippen molar-refractivity contribution in [2.24, 2.45) is 50.2 Å². The van der Waals surface area contributed by atoms with Crippen LogP contribution in [0.4, 0.5) is 13.2 Å². The van der Waals surface area contributed by atoms with Crippen LogP contribution in [0.1, 0.15) is 93.4 Å². The Kier molecular flexibility index (Phi) is 6.45. The highest BCUT2D eigenvalue weighted by molar-refractivity contribution is 6.04. The molecule has 0 spiro atoms. The van der Waals surface area contributed by atoms with Crippen molar-refractivity contribution >= 4 is 17.5 Å². The number of allylic oxidation sites excluding steroid dienone is 4. The molecule has 0 saturated heterocycles. The van der Waals surface area contributed by atoms with Crippen LogP contribution in [0.15, 0.2) is 23.3 Å². The van der Waals surface area contributed by atoms with Gasteiger partial charge in [-0.1, -0.05) is 60.1 Å². The van der Waals surface area contributed by atoms with Gasteiger partial charge in [0.25, 0.3) is 0 Å². The number of amides is 1. The number of carbonyl (C=O) groups excluding carboxylic acids is 3. The Balaban J connectivity index is 1.62. The topological polar surface area (TPSA) is 87.0 Å². The van der Waals surface area contributed by atoms with Gasteiger partial charge in [-0.05, 0) is 84.5 Å². The molecule has 7 atom stereocenters. The van der Waals surface area contributed by atoms with E-state index in [9.17, 15) is 32.8 Å². The number of halogens is 3. The monoisotopic (exact) mass is 572 g/mol. The minimum Gasteiger partial charge on any atom is -0.348 e. The third-order valence-electron chi connectivity index (χ3n) is 12.9. The zero-order valence-corrected chi connectivity index (χ0v) is 25.3. The van der Waals surface area contributed by atoms with E-state index in [1.807, 2.05) is 19.9 Å². The molecule has 41 heavy (non-hydrogen) atoms. The van der Waals surface area contributed by atoms with E-state index in [2.05, 4.69) is 46.0 Å². The second-order valence-corrected chi connectivity index (χ2v) is 15.8. The summed E-state index contributed by atoms with van der Waals surface area (Å²) >= 11 is 0. The number of ketones is 2. The van der Waals surface area contributed by atoms with E-state index < -0.39 is 39.2 Å². The van der Waals surface area contributed by atoms with Gasteiger partial charge in [-0.15, -0.1) is 0 Å². The van der Waals surface area contributed by atoms with E-state index in [0.717, 1.165) is 24.8 Å². The zero-order valence-electron chi connectivity index (χ0n) is 25.3. The largest absolute Gasteiger partial charge is 0.471 e. The summed E-state index contributed by atoms with van der Waals surface area (Å²) in [6.45, 7) is 14.6. The van der Waals surface area contributed by atoms with Crippen LogP contribution in [0.25, 0.3) is 0 Å². The van der Waals surface area contributed by atoms with Crippen molar-refractivity contribution in [3.8, 4) is 6.07 Å². The van der Waals surface area contributed by atoms with Crippen molar-refractivity contribution in [2.45, 2.75) is 99.6 Å². The summed E-state index contributed by atoms with van der Waals surface area (Å²) in [5.41, 5.74) is -1.75. The number of carbonyl (C=O) groups is 3. The van der Waals surface area contributed by atoms with Crippen LogP contribution in [0.2, 0.25) is 0 Å². The predicted molar refractivity (Wildman–Crippen MR) is 148 cm³/mol. The van der Waals surface area contributed by atoms with Crippen LogP contribution >= 0.6 is 0 Å². The van der Waals surface area contributed by atoms with E-state index in [1.54, 1.807) is 6.08 Å². The fourth-order valence-corrected chi connectivity index (χ4v) is 10.4. The Morgan fingerprint density at radius 2 is 1.66 bits per heavy atom. The molecular formula is C33H43F3N2O3. The quantitative estimate of drug-likeness (QED) is 0.391. The Labute approximate surface area is 241 Å². The molecule has 0 aromatic carbocycles. The summed E-state index contributed by atoms with van der Waals surface area (Å²) in [6.07, 6.45) is 3.72. The van der Waals surface area contributed by atoms with Gasteiger partial charge in [-0.2, -0.15) is 18.4 Å². The van der Waals surface area contributed by atoms with Gasteiger partial charge in [0.2, 0.25) is 0 Å². The minimum absolute atomic E-state index is 0.00242. The van der Waals surface area contributed by atoms with Gasteiger partial charge in [-0.3, -0.25) is 14.4 Å². The lowest BCUT2D eigenvalue weighted by Crippen LogP contribution is -2.66. The van der Waals surface area contributed by atoms with Crippen molar-refractivity contribution < 1.29 is 27.6 Å². The van der Waals surface area contributed by atoms with E-state index in [1.165, 1.54) is 0 Å². The highest BCUT2D eigenvalue weighted by Crippen LogP contribution is 2.74. The molecule has 3 saturated carbocycles. The molecule has 0 aromatic heterocycles. The van der Waals surface area contributed by atoms with Crippen molar-refractivity contribution in [2.75, 3.05) is 6.54 Å². The molecule has 5 aliphatic carbocycles. The minimum atomic E-state index is -4.95. The molecule has 0 radical (unpaired) electrons. The molecule has 8 heteroatoms. The molecule has 3 fully saturated rings. The van der Waals surface area contributed by atoms with Crippen LogP contribution in [0, 0.1) is 61.6 Å². The number of alkyl halides is 3.